The van der Waals surface area contributed by atoms with Gasteiger partial charge in [-0.25, -0.2) is 0 Å². The van der Waals surface area contributed by atoms with Gasteiger partial charge in [0.25, 0.3) is 0 Å². The molecule has 1 N–H and O–H groups in total. The van der Waals surface area contributed by atoms with Crippen molar-refractivity contribution in [2.24, 2.45) is 0 Å². The lowest BCUT2D eigenvalue weighted by Crippen LogP contribution is -2.40. The quantitative estimate of drug-likeness (QED) is 0.859. The number of likely N-dealkylation sites (tertiary alicyclic amines) is 1. The van der Waals surface area contributed by atoms with Crippen LogP contribution in [0.1, 0.15) is 43.1 Å². The van der Waals surface area contributed by atoms with E-state index in [4.69, 9.17) is 4.74 Å². The molecule has 0 amide bonds. The molecule has 1 saturated heterocycles. The van der Waals surface area contributed by atoms with E-state index in [2.05, 4.69) is 35.9 Å². The second-order valence-electron chi connectivity index (χ2n) is 5.60. The van der Waals surface area contributed by atoms with Crippen LogP contribution in [0, 0.1) is 13.8 Å². The van der Waals surface area contributed by atoms with Gasteiger partial charge in [-0.3, -0.25) is 5.10 Å². The predicted molar refractivity (Wildman–Crippen MR) is 77.5 cm³/mol. The third kappa shape index (κ3) is 4.05. The van der Waals surface area contributed by atoms with Crippen molar-refractivity contribution >= 4 is 0 Å². The first-order chi connectivity index (χ1) is 9.20. The summed E-state index contributed by atoms with van der Waals surface area (Å²) < 4.78 is 5.89. The first-order valence-electron chi connectivity index (χ1n) is 7.55. The number of hydrogen-bond acceptors (Lipinski definition) is 3. The van der Waals surface area contributed by atoms with Crippen LogP contribution >= 0.6 is 0 Å². The summed E-state index contributed by atoms with van der Waals surface area (Å²) >= 11 is 0. The molecular formula is C15H27N3O. The summed E-state index contributed by atoms with van der Waals surface area (Å²) in [5, 5.41) is 7.34. The van der Waals surface area contributed by atoms with Crippen molar-refractivity contribution in [1.82, 2.24) is 15.1 Å². The molecule has 1 fully saturated rings. The molecule has 0 radical (unpaired) electrons. The molecular weight excluding hydrogens is 238 g/mol. The maximum absolute atomic E-state index is 5.89. The summed E-state index contributed by atoms with van der Waals surface area (Å²) in [4.78, 5) is 2.54. The van der Waals surface area contributed by atoms with E-state index in [9.17, 15) is 0 Å². The molecule has 108 valence electrons. The van der Waals surface area contributed by atoms with E-state index < -0.39 is 0 Å². The van der Waals surface area contributed by atoms with Crippen molar-refractivity contribution < 1.29 is 4.74 Å². The van der Waals surface area contributed by atoms with Gasteiger partial charge < -0.3 is 9.64 Å². The van der Waals surface area contributed by atoms with Crippen LogP contribution in [0.5, 0.6) is 0 Å². The highest BCUT2D eigenvalue weighted by molar-refractivity contribution is 5.23. The third-order valence-corrected chi connectivity index (χ3v) is 3.98. The molecule has 0 spiro atoms. The molecule has 0 saturated carbocycles. The Morgan fingerprint density at radius 2 is 2.26 bits per heavy atom. The maximum Gasteiger partial charge on any atom is 0.0702 e. The number of aryl methyl sites for hydroxylation is 2. The van der Waals surface area contributed by atoms with Gasteiger partial charge in [0.2, 0.25) is 0 Å². The average molecular weight is 265 g/mol. The highest BCUT2D eigenvalue weighted by Gasteiger charge is 2.20. The van der Waals surface area contributed by atoms with Crippen molar-refractivity contribution in [3.8, 4) is 0 Å². The molecule has 0 bridgehead atoms. The number of nitrogens with one attached hydrogen (secondary N) is 1. The Hall–Kier alpha value is -0.870. The fourth-order valence-corrected chi connectivity index (χ4v) is 2.85. The SMILES string of the molecule is CCCO[C@H]1CCCN(CCc2c(C)n[nH]c2C)C1. The van der Waals surface area contributed by atoms with E-state index in [1.54, 1.807) is 0 Å². The third-order valence-electron chi connectivity index (χ3n) is 3.98. The Bertz CT molecular complexity index is 369. The van der Waals surface area contributed by atoms with Gasteiger partial charge in [-0.05, 0) is 51.6 Å². The number of ether oxygens (including phenoxy) is 1. The molecule has 4 nitrogen and oxygen atoms in total. The zero-order chi connectivity index (χ0) is 13.7. The standard InChI is InChI=1S/C15H27N3O/c1-4-10-19-14-6-5-8-18(11-14)9-7-15-12(2)16-17-13(15)3/h14H,4-11H2,1-3H3,(H,16,17)/t14-/m0/s1. The van der Waals surface area contributed by atoms with Gasteiger partial charge >= 0.3 is 0 Å². The Morgan fingerprint density at radius 3 is 2.95 bits per heavy atom. The van der Waals surface area contributed by atoms with Crippen LogP contribution in [0.25, 0.3) is 0 Å². The average Bonchev–Trinajstić information content (AvgIpc) is 2.74. The van der Waals surface area contributed by atoms with Crippen molar-refractivity contribution in [3.63, 3.8) is 0 Å². The van der Waals surface area contributed by atoms with E-state index in [-0.39, 0.29) is 0 Å². The number of hydrogen-bond donors (Lipinski definition) is 1. The molecule has 4 heteroatoms. The van der Waals surface area contributed by atoms with Gasteiger partial charge in [0.1, 0.15) is 0 Å². The number of aromatic nitrogens is 2. The number of H-pyrrole nitrogens is 1. The van der Waals surface area contributed by atoms with E-state index in [1.165, 1.54) is 30.6 Å². The van der Waals surface area contributed by atoms with Gasteiger partial charge in [-0.2, -0.15) is 5.10 Å². The fourth-order valence-electron chi connectivity index (χ4n) is 2.85. The number of rotatable bonds is 6. The number of aromatic amines is 1. The molecule has 0 aliphatic carbocycles. The zero-order valence-corrected chi connectivity index (χ0v) is 12.5. The van der Waals surface area contributed by atoms with Crippen molar-refractivity contribution in [2.75, 3.05) is 26.2 Å². The normalized spacial score (nSPS) is 20.9. The highest BCUT2D eigenvalue weighted by Crippen LogP contribution is 2.16. The van der Waals surface area contributed by atoms with Gasteiger partial charge in [0.15, 0.2) is 0 Å². The van der Waals surface area contributed by atoms with Crippen LogP contribution in [-0.4, -0.2) is 47.4 Å². The van der Waals surface area contributed by atoms with Crippen LogP contribution in [0.2, 0.25) is 0 Å². The van der Waals surface area contributed by atoms with E-state index in [0.717, 1.165) is 38.2 Å². The maximum atomic E-state index is 5.89. The Kier molecular flexibility index (Phi) is 5.40. The van der Waals surface area contributed by atoms with Gasteiger partial charge in [0.05, 0.1) is 11.8 Å². The Balaban J connectivity index is 1.79. The number of nitrogens with zero attached hydrogens (tertiary/aromatic N) is 2. The monoisotopic (exact) mass is 265 g/mol. The van der Waals surface area contributed by atoms with E-state index >= 15 is 0 Å². The molecule has 2 heterocycles. The van der Waals surface area contributed by atoms with Gasteiger partial charge in [-0.1, -0.05) is 6.92 Å². The molecule has 19 heavy (non-hydrogen) atoms. The molecule has 1 aromatic rings. The number of piperidine rings is 1. The second kappa shape index (κ2) is 7.06. The lowest BCUT2D eigenvalue weighted by atomic mass is 10.1. The highest BCUT2D eigenvalue weighted by atomic mass is 16.5. The van der Waals surface area contributed by atoms with Gasteiger partial charge in [-0.15, -0.1) is 0 Å². The van der Waals surface area contributed by atoms with Crippen LogP contribution in [0.3, 0.4) is 0 Å². The van der Waals surface area contributed by atoms with E-state index in [0.29, 0.717) is 6.10 Å². The summed E-state index contributed by atoms with van der Waals surface area (Å²) in [6.07, 6.45) is 5.14. The summed E-state index contributed by atoms with van der Waals surface area (Å²) in [5.74, 6) is 0. The molecule has 0 unspecified atom stereocenters. The second-order valence-corrected chi connectivity index (χ2v) is 5.60. The topological polar surface area (TPSA) is 41.1 Å². The Morgan fingerprint density at radius 1 is 1.42 bits per heavy atom. The Labute approximate surface area is 116 Å². The molecule has 1 aliphatic heterocycles. The molecule has 2 rings (SSSR count). The smallest absolute Gasteiger partial charge is 0.0702 e. The van der Waals surface area contributed by atoms with Crippen LogP contribution in [-0.2, 0) is 11.2 Å². The minimum Gasteiger partial charge on any atom is -0.377 e. The van der Waals surface area contributed by atoms with Crippen LogP contribution < -0.4 is 0 Å². The summed E-state index contributed by atoms with van der Waals surface area (Å²) in [6, 6.07) is 0. The zero-order valence-electron chi connectivity index (χ0n) is 12.5. The van der Waals surface area contributed by atoms with Crippen molar-refractivity contribution in [3.05, 3.63) is 17.0 Å². The predicted octanol–water partition coefficient (Wildman–Crippen LogP) is 2.46. The fraction of sp³-hybridized carbons (Fsp3) is 0.800. The van der Waals surface area contributed by atoms with Gasteiger partial charge in [0, 0.05) is 25.4 Å². The van der Waals surface area contributed by atoms with Crippen molar-refractivity contribution in [2.45, 2.75) is 52.6 Å². The molecule has 0 aromatic carbocycles. The largest absolute Gasteiger partial charge is 0.377 e. The van der Waals surface area contributed by atoms with Crippen LogP contribution in [0.4, 0.5) is 0 Å². The molecule has 1 aromatic heterocycles. The lowest BCUT2D eigenvalue weighted by Gasteiger charge is -2.32. The molecule has 1 atom stereocenters. The van der Waals surface area contributed by atoms with Crippen molar-refractivity contribution in [1.29, 1.82) is 0 Å². The lowest BCUT2D eigenvalue weighted by molar-refractivity contribution is 0.000313. The van der Waals surface area contributed by atoms with Crippen LogP contribution in [0.15, 0.2) is 0 Å². The summed E-state index contributed by atoms with van der Waals surface area (Å²) in [6.45, 7) is 10.7. The first-order valence-corrected chi connectivity index (χ1v) is 7.55. The minimum absolute atomic E-state index is 0.445. The summed E-state index contributed by atoms with van der Waals surface area (Å²) in [7, 11) is 0. The molecule has 1 aliphatic rings. The van der Waals surface area contributed by atoms with E-state index in [1.807, 2.05) is 0 Å². The minimum atomic E-state index is 0.445. The first kappa shape index (κ1) is 14.5. The summed E-state index contributed by atoms with van der Waals surface area (Å²) in [5.41, 5.74) is 3.75.